The van der Waals surface area contributed by atoms with Gasteiger partial charge in [-0.05, 0) is 25.5 Å². The Morgan fingerprint density at radius 1 is 1.44 bits per heavy atom. The van der Waals surface area contributed by atoms with Gasteiger partial charge < -0.3 is 15.4 Å². The Morgan fingerprint density at radius 2 is 2.19 bits per heavy atom. The van der Waals surface area contributed by atoms with Crippen molar-refractivity contribution in [3.8, 4) is 0 Å². The smallest absolute Gasteiger partial charge is 0.106 e. The quantitative estimate of drug-likeness (QED) is 0.808. The summed E-state index contributed by atoms with van der Waals surface area (Å²) in [5.74, 6) is 0.977. The topological polar surface area (TPSA) is 64.1 Å². The van der Waals surface area contributed by atoms with Crippen molar-refractivity contribution < 1.29 is 5.11 Å². The molecule has 1 aromatic carbocycles. The molecule has 0 spiro atoms. The maximum absolute atomic E-state index is 9.46. The lowest BCUT2D eigenvalue weighted by molar-refractivity contribution is 0.167. The van der Waals surface area contributed by atoms with Crippen molar-refractivity contribution in [1.29, 1.82) is 0 Å². The third-order valence-electron chi connectivity index (χ3n) is 2.80. The molecule has 1 heterocycles. The number of nitrogens with two attached hydrogens (primary N) is 1. The summed E-state index contributed by atoms with van der Waals surface area (Å²) in [5, 5.41) is 9.46. The average molecular weight is 219 g/mol. The molecule has 16 heavy (non-hydrogen) atoms. The fourth-order valence-electron chi connectivity index (χ4n) is 1.87. The molecule has 1 atom stereocenters. The second-order valence-electron chi connectivity index (χ2n) is 3.98. The summed E-state index contributed by atoms with van der Waals surface area (Å²) in [7, 11) is 0. The van der Waals surface area contributed by atoms with Crippen LogP contribution in [0.5, 0.6) is 0 Å². The predicted octanol–water partition coefficient (Wildman–Crippen LogP) is 1.05. The van der Waals surface area contributed by atoms with Gasteiger partial charge in [0, 0.05) is 13.1 Å². The molecule has 0 radical (unpaired) electrons. The van der Waals surface area contributed by atoms with E-state index in [1.54, 1.807) is 0 Å². The summed E-state index contributed by atoms with van der Waals surface area (Å²) >= 11 is 0. The van der Waals surface area contributed by atoms with Crippen LogP contribution in [0.4, 0.5) is 0 Å². The number of aromatic nitrogens is 2. The second kappa shape index (κ2) is 4.63. The molecule has 1 aromatic heterocycles. The molecule has 3 N–H and O–H groups in total. The first-order valence-corrected chi connectivity index (χ1v) is 5.52. The maximum atomic E-state index is 9.46. The molecule has 0 fully saturated rings. The molecule has 2 rings (SSSR count). The van der Waals surface area contributed by atoms with Crippen LogP contribution < -0.4 is 5.73 Å². The highest BCUT2D eigenvalue weighted by Crippen LogP contribution is 2.16. The molecule has 0 saturated heterocycles. The molecule has 86 valence electrons. The number of para-hydroxylation sites is 2. The van der Waals surface area contributed by atoms with E-state index in [9.17, 15) is 5.11 Å². The van der Waals surface area contributed by atoms with Gasteiger partial charge in [-0.25, -0.2) is 4.98 Å². The molecule has 4 heteroatoms. The van der Waals surface area contributed by atoms with Gasteiger partial charge in [-0.2, -0.15) is 0 Å². The lowest BCUT2D eigenvalue weighted by Gasteiger charge is -2.10. The molecule has 0 aliphatic carbocycles. The second-order valence-corrected chi connectivity index (χ2v) is 3.98. The van der Waals surface area contributed by atoms with Crippen molar-refractivity contribution >= 4 is 11.0 Å². The van der Waals surface area contributed by atoms with Gasteiger partial charge in [0.1, 0.15) is 5.82 Å². The van der Waals surface area contributed by atoms with Crippen molar-refractivity contribution in [2.24, 2.45) is 5.73 Å². The molecular weight excluding hydrogens is 202 g/mol. The highest BCUT2D eigenvalue weighted by Gasteiger charge is 2.08. The van der Waals surface area contributed by atoms with Crippen LogP contribution in [0.3, 0.4) is 0 Å². The normalized spacial score (nSPS) is 13.2. The van der Waals surface area contributed by atoms with Crippen LogP contribution in [0.2, 0.25) is 0 Å². The van der Waals surface area contributed by atoms with Crippen LogP contribution in [-0.4, -0.2) is 27.3 Å². The minimum absolute atomic E-state index is 0.311. The van der Waals surface area contributed by atoms with Crippen LogP contribution in [0.1, 0.15) is 12.2 Å². The van der Waals surface area contributed by atoms with Gasteiger partial charge in [-0.3, -0.25) is 0 Å². The number of hydrogen-bond acceptors (Lipinski definition) is 3. The van der Waals surface area contributed by atoms with E-state index in [-0.39, 0.29) is 0 Å². The zero-order valence-corrected chi connectivity index (χ0v) is 9.43. The van der Waals surface area contributed by atoms with Gasteiger partial charge in [0.2, 0.25) is 0 Å². The van der Waals surface area contributed by atoms with Gasteiger partial charge in [0.15, 0.2) is 0 Å². The number of hydrogen-bond donors (Lipinski definition) is 2. The fourth-order valence-corrected chi connectivity index (χ4v) is 1.87. The SMILES string of the molecule is Cc1nc2ccccc2n1CCC(O)CN. The first kappa shape index (κ1) is 11.1. The molecule has 0 bridgehead atoms. The number of nitrogens with zero attached hydrogens (tertiary/aromatic N) is 2. The number of aryl methyl sites for hydroxylation is 2. The van der Waals surface area contributed by atoms with Crippen molar-refractivity contribution in [1.82, 2.24) is 9.55 Å². The highest BCUT2D eigenvalue weighted by molar-refractivity contribution is 5.75. The number of benzene rings is 1. The summed E-state index contributed by atoms with van der Waals surface area (Å²) in [5.41, 5.74) is 7.50. The molecular formula is C12H17N3O. The van der Waals surface area contributed by atoms with Crippen molar-refractivity contribution in [3.63, 3.8) is 0 Å². The van der Waals surface area contributed by atoms with Gasteiger partial charge in [0.25, 0.3) is 0 Å². The minimum atomic E-state index is -0.430. The Hall–Kier alpha value is -1.39. The zero-order chi connectivity index (χ0) is 11.5. The van der Waals surface area contributed by atoms with Crippen molar-refractivity contribution in [2.45, 2.75) is 26.0 Å². The van der Waals surface area contributed by atoms with Crippen LogP contribution >= 0.6 is 0 Å². The Kier molecular flexibility index (Phi) is 3.22. The Bertz CT molecular complexity index is 478. The van der Waals surface area contributed by atoms with E-state index in [1.165, 1.54) is 0 Å². The van der Waals surface area contributed by atoms with E-state index in [0.717, 1.165) is 23.4 Å². The molecule has 2 aromatic rings. The lowest BCUT2D eigenvalue weighted by Crippen LogP contribution is -2.21. The van der Waals surface area contributed by atoms with Crippen LogP contribution in [0, 0.1) is 6.92 Å². The van der Waals surface area contributed by atoms with Crippen molar-refractivity contribution in [3.05, 3.63) is 30.1 Å². The summed E-state index contributed by atoms with van der Waals surface area (Å²) < 4.78 is 2.12. The Morgan fingerprint density at radius 3 is 2.94 bits per heavy atom. The number of aliphatic hydroxyl groups excluding tert-OH is 1. The monoisotopic (exact) mass is 219 g/mol. The Balaban J connectivity index is 2.26. The standard InChI is InChI=1S/C12H17N3O/c1-9-14-11-4-2-3-5-12(11)15(9)7-6-10(16)8-13/h2-5,10,16H,6-8,13H2,1H3. The Labute approximate surface area is 94.7 Å². The molecule has 0 aliphatic rings. The van der Waals surface area contributed by atoms with E-state index >= 15 is 0 Å². The maximum Gasteiger partial charge on any atom is 0.106 e. The van der Waals surface area contributed by atoms with Gasteiger partial charge in [0.05, 0.1) is 17.1 Å². The first-order chi connectivity index (χ1) is 7.72. The molecule has 0 amide bonds. The number of fused-ring (bicyclic) bond motifs is 1. The third kappa shape index (κ3) is 2.08. The molecule has 4 nitrogen and oxygen atoms in total. The van der Waals surface area contributed by atoms with E-state index in [2.05, 4.69) is 9.55 Å². The molecule has 1 unspecified atom stereocenters. The van der Waals surface area contributed by atoms with Crippen LogP contribution in [0.25, 0.3) is 11.0 Å². The van der Waals surface area contributed by atoms with Gasteiger partial charge in [-0.1, -0.05) is 12.1 Å². The van der Waals surface area contributed by atoms with Gasteiger partial charge in [-0.15, -0.1) is 0 Å². The predicted molar refractivity (Wildman–Crippen MR) is 64.1 cm³/mol. The average Bonchev–Trinajstić information content (AvgIpc) is 2.62. The summed E-state index contributed by atoms with van der Waals surface area (Å²) in [6, 6.07) is 8.02. The third-order valence-corrected chi connectivity index (χ3v) is 2.80. The van der Waals surface area contributed by atoms with E-state index in [4.69, 9.17) is 5.73 Å². The fraction of sp³-hybridized carbons (Fsp3) is 0.417. The van der Waals surface area contributed by atoms with E-state index < -0.39 is 6.10 Å². The van der Waals surface area contributed by atoms with Crippen LogP contribution in [-0.2, 0) is 6.54 Å². The summed E-state index contributed by atoms with van der Waals surface area (Å²) in [6.07, 6.45) is 0.234. The number of imidazole rings is 1. The zero-order valence-electron chi connectivity index (χ0n) is 9.43. The first-order valence-electron chi connectivity index (χ1n) is 5.52. The van der Waals surface area contributed by atoms with E-state index in [0.29, 0.717) is 13.0 Å². The number of rotatable bonds is 4. The molecule has 0 saturated carbocycles. The highest BCUT2D eigenvalue weighted by atomic mass is 16.3. The largest absolute Gasteiger partial charge is 0.392 e. The summed E-state index contributed by atoms with van der Waals surface area (Å²) in [6.45, 7) is 3.05. The molecule has 0 aliphatic heterocycles. The van der Waals surface area contributed by atoms with Crippen molar-refractivity contribution in [2.75, 3.05) is 6.54 Å². The van der Waals surface area contributed by atoms with E-state index in [1.807, 2.05) is 31.2 Å². The van der Waals surface area contributed by atoms with Crippen LogP contribution in [0.15, 0.2) is 24.3 Å². The summed E-state index contributed by atoms with van der Waals surface area (Å²) in [4.78, 5) is 4.47. The van der Waals surface area contributed by atoms with Gasteiger partial charge >= 0.3 is 0 Å². The lowest BCUT2D eigenvalue weighted by atomic mass is 10.2. The number of aliphatic hydroxyl groups is 1. The minimum Gasteiger partial charge on any atom is -0.392 e.